The maximum Gasteiger partial charge on any atom is 0.237 e. The predicted octanol–water partition coefficient (Wildman–Crippen LogP) is 13.4. The van der Waals surface area contributed by atoms with Crippen LogP contribution in [0.25, 0.3) is 113 Å². The van der Waals surface area contributed by atoms with Crippen molar-refractivity contribution in [2.24, 2.45) is 0 Å². The molecule has 0 aliphatic rings. The van der Waals surface area contributed by atoms with Gasteiger partial charge in [-0.05, 0) is 59.7 Å². The van der Waals surface area contributed by atoms with E-state index in [0.717, 1.165) is 99.9 Å². The van der Waals surface area contributed by atoms with Crippen LogP contribution in [-0.2, 0) is 0 Å². The zero-order chi connectivity index (χ0) is 40.2. The SMILES string of the molecule is C=Cc1c(C=C)n(-c2ccccc2)c2ccc(-c3ccc4c(c3)c3c(-c5ccccc5)nc(-c5ccccc5)nc3n4-c3nc(-c4ccccc4)c4ccccc4n3)cc12. The van der Waals surface area contributed by atoms with Crippen LogP contribution in [0.5, 0.6) is 0 Å². The normalized spacial score (nSPS) is 11.5. The summed E-state index contributed by atoms with van der Waals surface area (Å²) in [6.07, 6.45) is 3.85. The van der Waals surface area contributed by atoms with Gasteiger partial charge < -0.3 is 4.57 Å². The summed E-state index contributed by atoms with van der Waals surface area (Å²) >= 11 is 0. The summed E-state index contributed by atoms with van der Waals surface area (Å²) < 4.78 is 4.37. The Kier molecular flexibility index (Phi) is 8.34. The van der Waals surface area contributed by atoms with E-state index in [2.05, 4.69) is 144 Å². The minimum atomic E-state index is 0.535. The zero-order valence-electron chi connectivity index (χ0n) is 32.6. The molecule has 0 saturated heterocycles. The van der Waals surface area contributed by atoms with Crippen molar-refractivity contribution in [3.63, 3.8) is 0 Å². The first kappa shape index (κ1) is 35.0. The van der Waals surface area contributed by atoms with Crippen molar-refractivity contribution >= 4 is 55.9 Å². The molecule has 6 nitrogen and oxygen atoms in total. The first-order valence-corrected chi connectivity index (χ1v) is 20.0. The van der Waals surface area contributed by atoms with Gasteiger partial charge >= 0.3 is 0 Å². The summed E-state index contributed by atoms with van der Waals surface area (Å²) in [6, 6.07) is 62.7. The van der Waals surface area contributed by atoms with Crippen LogP contribution in [0.15, 0.2) is 195 Å². The van der Waals surface area contributed by atoms with Gasteiger partial charge in [-0.15, -0.1) is 0 Å². The predicted molar refractivity (Wildman–Crippen MR) is 248 cm³/mol. The van der Waals surface area contributed by atoms with E-state index >= 15 is 0 Å². The fraction of sp³-hybridized carbons (Fsp3) is 0. The minimum Gasteiger partial charge on any atom is -0.309 e. The molecule has 0 aliphatic heterocycles. The molecule has 0 unspecified atom stereocenters. The first-order chi connectivity index (χ1) is 29.7. The van der Waals surface area contributed by atoms with Gasteiger partial charge in [-0.2, -0.15) is 0 Å². The molecule has 0 N–H and O–H groups in total. The van der Waals surface area contributed by atoms with Gasteiger partial charge in [0.1, 0.15) is 0 Å². The second-order valence-electron chi connectivity index (χ2n) is 14.8. The molecule has 0 bridgehead atoms. The van der Waals surface area contributed by atoms with Crippen LogP contribution in [0.4, 0.5) is 0 Å². The third kappa shape index (κ3) is 5.65. The lowest BCUT2D eigenvalue weighted by Crippen LogP contribution is -2.05. The molecule has 4 heterocycles. The summed E-state index contributed by atoms with van der Waals surface area (Å²) in [4.78, 5) is 21.4. The smallest absolute Gasteiger partial charge is 0.237 e. The second kappa shape index (κ2) is 14.3. The number of benzene rings is 7. The number of aromatic nitrogens is 6. The molecule has 0 amide bonds. The van der Waals surface area contributed by atoms with Crippen LogP contribution in [0, 0.1) is 0 Å². The van der Waals surface area contributed by atoms with Crippen molar-refractivity contribution < 1.29 is 0 Å². The Labute approximate surface area is 346 Å². The Morgan fingerprint density at radius 1 is 0.417 bits per heavy atom. The fourth-order valence-electron chi connectivity index (χ4n) is 8.57. The van der Waals surface area contributed by atoms with E-state index in [9.17, 15) is 0 Å². The highest BCUT2D eigenvalue weighted by atomic mass is 15.2. The average molecular weight is 769 g/mol. The lowest BCUT2D eigenvalue weighted by Gasteiger charge is -2.12. The Morgan fingerprint density at radius 3 is 1.63 bits per heavy atom. The summed E-state index contributed by atoms with van der Waals surface area (Å²) in [5.74, 6) is 1.16. The van der Waals surface area contributed by atoms with Crippen molar-refractivity contribution in [2.45, 2.75) is 0 Å². The molecule has 6 heteroatoms. The molecular weight excluding hydrogens is 733 g/mol. The van der Waals surface area contributed by atoms with E-state index in [1.807, 2.05) is 72.8 Å². The second-order valence-corrected chi connectivity index (χ2v) is 14.8. The molecule has 0 fully saturated rings. The summed E-state index contributed by atoms with van der Waals surface area (Å²) in [6.45, 7) is 8.42. The Balaban J connectivity index is 1.22. The Morgan fingerprint density at radius 2 is 0.983 bits per heavy atom. The first-order valence-electron chi connectivity index (χ1n) is 20.0. The monoisotopic (exact) mass is 768 g/mol. The topological polar surface area (TPSA) is 61.4 Å². The van der Waals surface area contributed by atoms with Crippen LogP contribution >= 0.6 is 0 Å². The molecule has 0 radical (unpaired) electrons. The molecule has 11 aromatic rings. The molecule has 11 rings (SSSR count). The van der Waals surface area contributed by atoms with Crippen LogP contribution < -0.4 is 0 Å². The molecule has 0 aliphatic carbocycles. The third-order valence-electron chi connectivity index (χ3n) is 11.3. The number of hydrogen-bond acceptors (Lipinski definition) is 4. The maximum atomic E-state index is 5.39. The van der Waals surface area contributed by atoms with Crippen molar-refractivity contribution in [1.29, 1.82) is 0 Å². The summed E-state index contributed by atoms with van der Waals surface area (Å²) in [5.41, 5.74) is 13.5. The van der Waals surface area contributed by atoms with E-state index in [0.29, 0.717) is 11.8 Å². The van der Waals surface area contributed by atoms with Gasteiger partial charge in [0.25, 0.3) is 0 Å². The quantitative estimate of drug-likeness (QED) is 0.154. The van der Waals surface area contributed by atoms with Crippen molar-refractivity contribution in [2.75, 3.05) is 0 Å². The highest BCUT2D eigenvalue weighted by Gasteiger charge is 2.24. The van der Waals surface area contributed by atoms with Gasteiger partial charge in [0.2, 0.25) is 5.95 Å². The highest BCUT2D eigenvalue weighted by Crippen LogP contribution is 2.41. The molecule has 282 valence electrons. The Bertz CT molecular complexity index is 3440. The van der Waals surface area contributed by atoms with Crippen LogP contribution in [-0.4, -0.2) is 29.1 Å². The molecule has 7 aromatic carbocycles. The van der Waals surface area contributed by atoms with Crippen molar-refractivity contribution in [1.82, 2.24) is 29.1 Å². The van der Waals surface area contributed by atoms with Gasteiger partial charge in [-0.3, -0.25) is 4.57 Å². The van der Waals surface area contributed by atoms with Crippen LogP contribution in [0.2, 0.25) is 0 Å². The molecular formula is C54H36N6. The Hall–Kier alpha value is -8.22. The molecule has 0 saturated carbocycles. The number of rotatable bonds is 8. The minimum absolute atomic E-state index is 0.535. The lowest BCUT2D eigenvalue weighted by atomic mass is 9.99. The van der Waals surface area contributed by atoms with E-state index in [-0.39, 0.29) is 0 Å². The van der Waals surface area contributed by atoms with E-state index in [1.54, 1.807) is 0 Å². The fourth-order valence-corrected chi connectivity index (χ4v) is 8.57. The highest BCUT2D eigenvalue weighted by molar-refractivity contribution is 6.15. The number of nitrogens with zero attached hydrogens (tertiary/aromatic N) is 6. The summed E-state index contributed by atoms with van der Waals surface area (Å²) in [7, 11) is 0. The van der Waals surface area contributed by atoms with E-state index in [1.165, 1.54) is 0 Å². The molecule has 60 heavy (non-hydrogen) atoms. The maximum absolute atomic E-state index is 5.39. The van der Waals surface area contributed by atoms with Gasteiger partial charge in [0, 0.05) is 44.1 Å². The average Bonchev–Trinajstić information content (AvgIpc) is 3.83. The van der Waals surface area contributed by atoms with Crippen LogP contribution in [0.1, 0.15) is 11.3 Å². The van der Waals surface area contributed by atoms with Gasteiger partial charge in [-0.1, -0.05) is 159 Å². The van der Waals surface area contributed by atoms with E-state index in [4.69, 9.17) is 19.9 Å². The van der Waals surface area contributed by atoms with Gasteiger partial charge in [-0.25, -0.2) is 19.9 Å². The standard InChI is InChI=1S/C54H36N6/c1-3-41-43-33-38(29-31-47(43)59(46(41)4-2)40-25-15-8-16-26-40)39-30-32-48-44(34-39)49-51(36-21-11-6-12-22-36)56-52(37-23-13-7-14-24-37)58-53(49)60(48)54-55-45-28-18-17-27-42(45)50(57-54)35-19-9-5-10-20-35/h3-34H,1-2H2. The molecule has 4 aromatic heterocycles. The largest absolute Gasteiger partial charge is 0.309 e. The number of para-hydroxylation sites is 2. The zero-order valence-corrected chi connectivity index (χ0v) is 32.6. The van der Waals surface area contributed by atoms with Crippen molar-refractivity contribution in [3.8, 4) is 56.7 Å². The van der Waals surface area contributed by atoms with Gasteiger partial charge in [0.05, 0.1) is 39.0 Å². The van der Waals surface area contributed by atoms with Crippen LogP contribution in [0.3, 0.4) is 0 Å². The number of hydrogen-bond donors (Lipinski definition) is 0. The van der Waals surface area contributed by atoms with Gasteiger partial charge in [0.15, 0.2) is 11.5 Å². The lowest BCUT2D eigenvalue weighted by molar-refractivity contribution is 0.994. The molecule has 0 atom stereocenters. The molecule has 0 spiro atoms. The third-order valence-corrected chi connectivity index (χ3v) is 11.3. The van der Waals surface area contributed by atoms with E-state index < -0.39 is 0 Å². The van der Waals surface area contributed by atoms with Crippen molar-refractivity contribution in [3.05, 3.63) is 206 Å². The number of fused-ring (bicyclic) bond motifs is 5. The summed E-state index contributed by atoms with van der Waals surface area (Å²) in [5, 5.41) is 4.00.